The van der Waals surface area contributed by atoms with Crippen LogP contribution in [0.2, 0.25) is 0 Å². The summed E-state index contributed by atoms with van der Waals surface area (Å²) in [5, 5.41) is 2.86. The molecule has 0 saturated carbocycles. The number of piperazine rings is 1. The van der Waals surface area contributed by atoms with Crippen LogP contribution >= 0.6 is 0 Å². The molecular formula is C15H23N3O4S. The van der Waals surface area contributed by atoms with Crippen molar-refractivity contribution >= 4 is 15.9 Å². The zero-order chi connectivity index (χ0) is 16.3. The second-order valence-corrected chi connectivity index (χ2v) is 8.45. The lowest BCUT2D eigenvalue weighted by atomic mass is 10.1. The summed E-state index contributed by atoms with van der Waals surface area (Å²) < 4.78 is 28.2. The van der Waals surface area contributed by atoms with Gasteiger partial charge in [0.2, 0.25) is 0 Å². The van der Waals surface area contributed by atoms with Crippen LogP contribution in [0.5, 0.6) is 0 Å². The summed E-state index contributed by atoms with van der Waals surface area (Å²) in [6.07, 6.45) is 3.02. The molecule has 2 amide bonds. The summed E-state index contributed by atoms with van der Waals surface area (Å²) in [5.41, 5.74) is 0. The minimum Gasteiger partial charge on any atom is -0.467 e. The molecular weight excluding hydrogens is 318 g/mol. The zero-order valence-electron chi connectivity index (χ0n) is 13.1. The van der Waals surface area contributed by atoms with E-state index in [2.05, 4.69) is 10.2 Å². The Morgan fingerprint density at radius 2 is 1.91 bits per heavy atom. The van der Waals surface area contributed by atoms with Crippen LogP contribution in [0.15, 0.2) is 22.8 Å². The Balaban J connectivity index is 1.42. The van der Waals surface area contributed by atoms with Crippen molar-refractivity contribution in [1.29, 1.82) is 0 Å². The number of hydrogen-bond acceptors (Lipinski definition) is 5. The lowest BCUT2D eigenvalue weighted by Crippen LogP contribution is -2.55. The highest BCUT2D eigenvalue weighted by Crippen LogP contribution is 2.19. The molecule has 0 atom stereocenters. The number of sulfone groups is 1. The van der Waals surface area contributed by atoms with Gasteiger partial charge < -0.3 is 14.6 Å². The topological polar surface area (TPSA) is 82.9 Å². The first-order valence-corrected chi connectivity index (χ1v) is 9.85. The first-order chi connectivity index (χ1) is 11.0. The molecule has 2 saturated heterocycles. The van der Waals surface area contributed by atoms with Crippen molar-refractivity contribution in [2.24, 2.45) is 0 Å². The minimum absolute atomic E-state index is 0.0766. The van der Waals surface area contributed by atoms with Crippen LogP contribution in [-0.4, -0.2) is 68.0 Å². The molecule has 0 aliphatic carbocycles. The van der Waals surface area contributed by atoms with Gasteiger partial charge in [0, 0.05) is 32.2 Å². The van der Waals surface area contributed by atoms with Crippen LogP contribution in [0.3, 0.4) is 0 Å². The summed E-state index contributed by atoms with van der Waals surface area (Å²) in [4.78, 5) is 16.3. The molecule has 0 unspecified atom stereocenters. The molecule has 2 aliphatic rings. The fraction of sp³-hybridized carbons (Fsp3) is 0.667. The number of nitrogens with zero attached hydrogens (tertiary/aromatic N) is 2. The molecule has 2 fully saturated rings. The number of carbonyl (C=O) groups excluding carboxylic acids is 1. The van der Waals surface area contributed by atoms with E-state index in [4.69, 9.17) is 4.42 Å². The maximum atomic E-state index is 12.1. The second-order valence-electron chi connectivity index (χ2n) is 6.14. The van der Waals surface area contributed by atoms with Gasteiger partial charge in [-0.2, -0.15) is 0 Å². The van der Waals surface area contributed by atoms with E-state index < -0.39 is 9.84 Å². The van der Waals surface area contributed by atoms with Crippen molar-refractivity contribution in [2.75, 3.05) is 37.7 Å². The molecule has 0 spiro atoms. The number of rotatable bonds is 3. The third-order valence-electron chi connectivity index (χ3n) is 4.64. The van der Waals surface area contributed by atoms with Crippen molar-refractivity contribution in [3.05, 3.63) is 24.2 Å². The van der Waals surface area contributed by atoms with Gasteiger partial charge in [-0.1, -0.05) is 0 Å². The highest BCUT2D eigenvalue weighted by molar-refractivity contribution is 7.91. The number of urea groups is 1. The van der Waals surface area contributed by atoms with Crippen LogP contribution in [0.1, 0.15) is 18.6 Å². The Kier molecular flexibility index (Phi) is 4.91. The Labute approximate surface area is 136 Å². The maximum Gasteiger partial charge on any atom is 0.317 e. The molecule has 2 aliphatic heterocycles. The average molecular weight is 341 g/mol. The molecule has 1 N–H and O–H groups in total. The van der Waals surface area contributed by atoms with Gasteiger partial charge in [0.25, 0.3) is 0 Å². The monoisotopic (exact) mass is 341 g/mol. The second kappa shape index (κ2) is 6.92. The molecule has 0 radical (unpaired) electrons. The molecule has 3 heterocycles. The molecule has 23 heavy (non-hydrogen) atoms. The van der Waals surface area contributed by atoms with Crippen LogP contribution < -0.4 is 5.32 Å². The number of furan rings is 1. The molecule has 3 rings (SSSR count). The lowest BCUT2D eigenvalue weighted by Gasteiger charge is -2.40. The summed E-state index contributed by atoms with van der Waals surface area (Å²) >= 11 is 0. The van der Waals surface area contributed by atoms with E-state index in [-0.39, 0.29) is 6.03 Å². The lowest BCUT2D eigenvalue weighted by molar-refractivity contribution is 0.103. The molecule has 1 aromatic rings. The Hall–Kier alpha value is -1.54. The average Bonchev–Trinajstić information content (AvgIpc) is 3.06. The van der Waals surface area contributed by atoms with Crippen molar-refractivity contribution in [1.82, 2.24) is 15.1 Å². The van der Waals surface area contributed by atoms with E-state index in [1.165, 1.54) is 0 Å². The van der Waals surface area contributed by atoms with Gasteiger partial charge in [-0.25, -0.2) is 13.2 Å². The molecule has 128 valence electrons. The number of amides is 2. The quantitative estimate of drug-likeness (QED) is 0.874. The van der Waals surface area contributed by atoms with Gasteiger partial charge in [0.1, 0.15) is 15.6 Å². The van der Waals surface area contributed by atoms with Crippen LogP contribution in [0, 0.1) is 0 Å². The van der Waals surface area contributed by atoms with Gasteiger partial charge in [-0.05, 0) is 25.0 Å². The Morgan fingerprint density at radius 3 is 2.52 bits per heavy atom. The Morgan fingerprint density at radius 1 is 1.22 bits per heavy atom. The van der Waals surface area contributed by atoms with Gasteiger partial charge in [-0.15, -0.1) is 0 Å². The van der Waals surface area contributed by atoms with Crippen molar-refractivity contribution in [2.45, 2.75) is 25.4 Å². The molecule has 0 bridgehead atoms. The fourth-order valence-electron chi connectivity index (χ4n) is 3.22. The molecule has 1 aromatic heterocycles. The van der Waals surface area contributed by atoms with Gasteiger partial charge in [0.15, 0.2) is 0 Å². The van der Waals surface area contributed by atoms with Gasteiger partial charge in [-0.3, -0.25) is 4.90 Å². The summed E-state index contributed by atoms with van der Waals surface area (Å²) in [6.45, 7) is 3.35. The van der Waals surface area contributed by atoms with Crippen molar-refractivity contribution in [3.8, 4) is 0 Å². The SMILES string of the molecule is O=C(NCc1ccco1)N1CCN(C2CCS(=O)(=O)CC2)CC1. The summed E-state index contributed by atoms with van der Waals surface area (Å²) in [7, 11) is -2.82. The zero-order valence-corrected chi connectivity index (χ0v) is 13.9. The Bertz CT molecular complexity index is 607. The van der Waals surface area contributed by atoms with Gasteiger partial charge >= 0.3 is 6.03 Å². The largest absolute Gasteiger partial charge is 0.467 e. The van der Waals surface area contributed by atoms with Crippen LogP contribution in [0.25, 0.3) is 0 Å². The van der Waals surface area contributed by atoms with Crippen molar-refractivity contribution < 1.29 is 17.6 Å². The maximum absolute atomic E-state index is 12.1. The third-order valence-corrected chi connectivity index (χ3v) is 6.35. The number of carbonyl (C=O) groups is 1. The van der Waals surface area contributed by atoms with E-state index >= 15 is 0 Å². The van der Waals surface area contributed by atoms with E-state index in [1.54, 1.807) is 17.2 Å². The van der Waals surface area contributed by atoms with E-state index in [1.807, 2.05) is 6.07 Å². The van der Waals surface area contributed by atoms with E-state index in [0.717, 1.165) is 18.8 Å². The van der Waals surface area contributed by atoms with E-state index in [0.29, 0.717) is 50.0 Å². The summed E-state index contributed by atoms with van der Waals surface area (Å²) in [6, 6.07) is 3.89. The fourth-order valence-corrected chi connectivity index (χ4v) is 4.69. The smallest absolute Gasteiger partial charge is 0.317 e. The molecule has 7 nitrogen and oxygen atoms in total. The third kappa shape index (κ3) is 4.26. The predicted molar refractivity (Wildman–Crippen MR) is 85.8 cm³/mol. The molecule has 8 heteroatoms. The first kappa shape index (κ1) is 16.3. The normalized spacial score (nSPS) is 22.9. The molecule has 0 aromatic carbocycles. The predicted octanol–water partition coefficient (Wildman–Crippen LogP) is 0.684. The number of hydrogen-bond donors (Lipinski definition) is 1. The number of nitrogens with one attached hydrogen (secondary N) is 1. The minimum atomic E-state index is -2.82. The summed E-state index contributed by atoms with van der Waals surface area (Å²) in [5.74, 6) is 1.32. The van der Waals surface area contributed by atoms with Crippen molar-refractivity contribution in [3.63, 3.8) is 0 Å². The van der Waals surface area contributed by atoms with Crippen LogP contribution in [-0.2, 0) is 16.4 Å². The van der Waals surface area contributed by atoms with Crippen LogP contribution in [0.4, 0.5) is 4.79 Å². The van der Waals surface area contributed by atoms with E-state index in [9.17, 15) is 13.2 Å². The standard InChI is InChI=1S/C15H23N3O4S/c19-15(16-12-14-2-1-9-22-14)18-7-5-17(6-8-18)13-3-10-23(20,21)11-4-13/h1-2,9,13H,3-8,10-12H2,(H,16,19). The highest BCUT2D eigenvalue weighted by Gasteiger charge is 2.30. The highest BCUT2D eigenvalue weighted by atomic mass is 32.2. The van der Waals surface area contributed by atoms with Gasteiger partial charge in [0.05, 0.1) is 24.3 Å². The first-order valence-electron chi connectivity index (χ1n) is 8.03.